The molecule has 0 aliphatic heterocycles. The third kappa shape index (κ3) is 6.37. The molecule has 1 aromatic carbocycles. The summed E-state index contributed by atoms with van der Waals surface area (Å²) in [6.45, 7) is 8.96. The van der Waals surface area contributed by atoms with Gasteiger partial charge in [0.1, 0.15) is 0 Å². The molecule has 0 aromatic heterocycles. The summed E-state index contributed by atoms with van der Waals surface area (Å²) >= 11 is 7.64. The Bertz CT molecular complexity index is 285. The van der Waals surface area contributed by atoms with E-state index in [9.17, 15) is 0 Å². The van der Waals surface area contributed by atoms with Crippen LogP contribution < -0.4 is 5.30 Å². The van der Waals surface area contributed by atoms with Gasteiger partial charge in [-0.25, -0.2) is 0 Å². The Morgan fingerprint density at radius 3 is 1.62 bits per heavy atom. The summed E-state index contributed by atoms with van der Waals surface area (Å²) in [7, 11) is 2.79. The standard InChI is InChI=1S/C12H19P.CH2Cl.Pd/c1-8(2)10-5-11(9(3)4)7-12(13)6-10;1-2;/h5-9H,13H2,1-4H3;1H2;. The van der Waals surface area contributed by atoms with Crippen molar-refractivity contribution in [3.05, 3.63) is 29.3 Å². The van der Waals surface area contributed by atoms with Crippen LogP contribution in [0.3, 0.4) is 0 Å². The van der Waals surface area contributed by atoms with Crippen molar-refractivity contribution in [2.24, 2.45) is 0 Å². The Morgan fingerprint density at radius 2 is 1.38 bits per heavy atom. The van der Waals surface area contributed by atoms with Crippen LogP contribution in [0, 0.1) is 0 Å². The van der Waals surface area contributed by atoms with E-state index < -0.39 is 0 Å². The van der Waals surface area contributed by atoms with Gasteiger partial charge < -0.3 is 0 Å². The minimum absolute atomic E-state index is 0.572. The van der Waals surface area contributed by atoms with Crippen LogP contribution >= 0.6 is 20.8 Å². The van der Waals surface area contributed by atoms with Gasteiger partial charge in [0.15, 0.2) is 0 Å². The molecule has 1 rings (SSSR count). The SMILES string of the molecule is CC(C)c1cc(P)cc(C(C)C)c1.Cl[CH2][Pd]. The fraction of sp³-hybridized carbons (Fsp3) is 0.538. The van der Waals surface area contributed by atoms with Crippen molar-refractivity contribution in [1.82, 2.24) is 0 Å². The number of rotatable bonds is 2. The van der Waals surface area contributed by atoms with Gasteiger partial charge >= 0.3 is 35.2 Å². The van der Waals surface area contributed by atoms with Gasteiger partial charge in [-0.2, -0.15) is 0 Å². The molecule has 1 unspecified atom stereocenters. The van der Waals surface area contributed by atoms with Crippen LogP contribution in [-0.4, -0.2) is 4.35 Å². The second-order valence-electron chi connectivity index (χ2n) is 4.33. The summed E-state index contributed by atoms with van der Waals surface area (Å²) in [5, 5.41) is 1.30. The minimum atomic E-state index is 0.572. The monoisotopic (exact) mass is 349 g/mol. The quantitative estimate of drug-likeness (QED) is 0.427. The van der Waals surface area contributed by atoms with Crippen molar-refractivity contribution in [3.63, 3.8) is 0 Å². The average molecular weight is 350 g/mol. The molecule has 0 aliphatic carbocycles. The van der Waals surface area contributed by atoms with Gasteiger partial charge in [-0.15, -0.1) is 9.24 Å². The summed E-state index contributed by atoms with van der Waals surface area (Å²) in [5.41, 5.74) is 2.88. The van der Waals surface area contributed by atoms with Crippen LogP contribution in [0.4, 0.5) is 0 Å². The molecular weight excluding hydrogens is 329 g/mol. The van der Waals surface area contributed by atoms with Crippen LogP contribution in [0.5, 0.6) is 0 Å². The van der Waals surface area contributed by atoms with E-state index in [1.54, 1.807) is 0 Å². The van der Waals surface area contributed by atoms with E-state index in [-0.39, 0.29) is 0 Å². The van der Waals surface area contributed by atoms with E-state index in [0.717, 1.165) is 0 Å². The first-order valence-electron chi connectivity index (χ1n) is 5.40. The van der Waals surface area contributed by atoms with E-state index in [2.05, 4.69) is 74.3 Å². The van der Waals surface area contributed by atoms with Gasteiger partial charge in [-0.1, -0.05) is 45.9 Å². The predicted octanol–water partition coefficient (Wildman–Crippen LogP) is 4.16. The normalized spacial score (nSPS) is 10.4. The van der Waals surface area contributed by atoms with Crippen molar-refractivity contribution in [3.8, 4) is 0 Å². The van der Waals surface area contributed by atoms with Crippen LogP contribution in [0.15, 0.2) is 18.2 Å². The maximum absolute atomic E-state index is 4.93. The Labute approximate surface area is 118 Å². The molecule has 0 N–H and O–H groups in total. The molecule has 0 radical (unpaired) electrons. The van der Waals surface area contributed by atoms with Gasteiger partial charge in [0.2, 0.25) is 0 Å². The second kappa shape index (κ2) is 8.66. The summed E-state index contributed by atoms with van der Waals surface area (Å²) < 4.78 is 0.572. The zero-order valence-electron chi connectivity index (χ0n) is 10.4. The molecule has 1 aromatic rings. The van der Waals surface area contributed by atoms with Crippen molar-refractivity contribution in [1.29, 1.82) is 0 Å². The molecule has 0 bridgehead atoms. The third-order valence-corrected chi connectivity index (χ3v) is 2.67. The summed E-state index contributed by atoms with van der Waals surface area (Å²) in [4.78, 5) is 0. The van der Waals surface area contributed by atoms with Gasteiger partial charge in [0.05, 0.1) is 0 Å². The number of alkyl halides is 1. The summed E-state index contributed by atoms with van der Waals surface area (Å²) in [6, 6.07) is 6.82. The van der Waals surface area contributed by atoms with Gasteiger partial charge in [-0.05, 0) is 28.3 Å². The molecule has 0 amide bonds. The fourth-order valence-electron chi connectivity index (χ4n) is 1.37. The first-order valence-corrected chi connectivity index (χ1v) is 7.61. The summed E-state index contributed by atoms with van der Waals surface area (Å²) in [5.74, 6) is 1.25. The van der Waals surface area contributed by atoms with Crippen molar-refractivity contribution >= 4 is 26.1 Å². The molecule has 0 saturated carbocycles. The van der Waals surface area contributed by atoms with E-state index in [1.165, 1.54) is 16.4 Å². The van der Waals surface area contributed by atoms with Crippen LogP contribution in [0.1, 0.15) is 50.7 Å². The molecule has 0 nitrogen and oxygen atoms in total. The first kappa shape index (κ1) is 16.6. The van der Waals surface area contributed by atoms with Crippen LogP contribution in [-0.2, 0) is 19.2 Å². The number of hydrogen-bond acceptors (Lipinski definition) is 0. The Kier molecular flexibility index (Phi) is 8.98. The Hall–Kier alpha value is 0.602. The molecule has 95 valence electrons. The molecule has 16 heavy (non-hydrogen) atoms. The molecule has 0 saturated heterocycles. The molecule has 3 heteroatoms. The number of benzene rings is 1. The average Bonchev–Trinajstić information content (AvgIpc) is 2.17. The first-order chi connectivity index (χ1) is 7.42. The Balaban J connectivity index is 0.000000673. The van der Waals surface area contributed by atoms with E-state index in [1.807, 2.05) is 0 Å². The van der Waals surface area contributed by atoms with Crippen molar-refractivity contribution in [2.75, 3.05) is 4.35 Å². The molecule has 0 aliphatic rings. The van der Waals surface area contributed by atoms with Crippen molar-refractivity contribution < 1.29 is 19.2 Å². The zero-order valence-corrected chi connectivity index (χ0v) is 13.8. The van der Waals surface area contributed by atoms with E-state index in [0.29, 0.717) is 16.2 Å². The zero-order chi connectivity index (χ0) is 12.7. The van der Waals surface area contributed by atoms with E-state index in [4.69, 9.17) is 11.6 Å². The van der Waals surface area contributed by atoms with Crippen molar-refractivity contribution in [2.45, 2.75) is 39.5 Å². The molecule has 0 fully saturated rings. The fourth-order valence-corrected chi connectivity index (χ4v) is 1.75. The molecular formula is C13H21ClPPd. The maximum atomic E-state index is 4.93. The molecule has 0 heterocycles. The Morgan fingerprint density at radius 1 is 1.06 bits per heavy atom. The third-order valence-electron chi connectivity index (χ3n) is 2.33. The second-order valence-corrected chi connectivity index (χ2v) is 6.41. The number of halogens is 1. The van der Waals surface area contributed by atoms with Gasteiger partial charge in [0, 0.05) is 0 Å². The van der Waals surface area contributed by atoms with Crippen LogP contribution in [0.2, 0.25) is 0 Å². The molecule has 1 atom stereocenters. The van der Waals surface area contributed by atoms with Gasteiger partial charge in [0.25, 0.3) is 0 Å². The van der Waals surface area contributed by atoms with Gasteiger partial charge in [-0.3, -0.25) is 0 Å². The summed E-state index contributed by atoms with van der Waals surface area (Å²) in [6.07, 6.45) is 0. The number of hydrogen-bond donors (Lipinski definition) is 0. The molecule has 0 spiro atoms. The topological polar surface area (TPSA) is 0 Å². The van der Waals surface area contributed by atoms with E-state index >= 15 is 0 Å². The predicted molar refractivity (Wildman–Crippen MR) is 74.7 cm³/mol. The van der Waals surface area contributed by atoms with Crippen LogP contribution in [0.25, 0.3) is 0 Å².